The molecule has 2 aliphatic heterocycles. The number of aromatic nitrogens is 4. The maximum Gasteiger partial charge on any atom is 0.305 e. The number of H-pyrrole nitrogens is 1. The smallest absolute Gasteiger partial charge is 0.305 e. The monoisotopic (exact) mass is 678 g/mol. The summed E-state index contributed by atoms with van der Waals surface area (Å²) in [5, 5.41) is 4.49. The minimum absolute atomic E-state index is 0. The van der Waals surface area contributed by atoms with Crippen molar-refractivity contribution in [2.45, 2.75) is 76.5 Å². The molecule has 14 heteroatoms. The van der Waals surface area contributed by atoms with Crippen LogP contribution in [0, 0.1) is 5.92 Å². The van der Waals surface area contributed by atoms with Crippen molar-refractivity contribution in [3.05, 3.63) is 34.2 Å². The first kappa shape index (κ1) is 35.8. The number of ether oxygens (including phenoxy) is 2. The minimum atomic E-state index is -3.82. The average Bonchev–Trinajstić information content (AvgIpc) is 3.67. The molecular formula is C32H47ClN6O6S. The SMILES string of the molecule is CCCOc1ccc(S(=O)(=O)N2CCC(CCC(=O)OCCN3CCCC3)CC2)cc1-c1nc2c(CCC)nn(C)c2c(=O)[nH]1.Cl. The van der Waals surface area contributed by atoms with E-state index in [0.29, 0.717) is 80.8 Å². The molecule has 0 atom stereocenters. The summed E-state index contributed by atoms with van der Waals surface area (Å²) < 4.78 is 42.1. The number of hydrogen-bond acceptors (Lipinski definition) is 9. The molecule has 0 spiro atoms. The lowest BCUT2D eigenvalue weighted by atomic mass is 9.93. The molecule has 3 aromatic rings. The molecule has 4 heterocycles. The van der Waals surface area contributed by atoms with Crippen LogP contribution < -0.4 is 10.3 Å². The first-order chi connectivity index (χ1) is 21.7. The second-order valence-electron chi connectivity index (χ2n) is 12.1. The van der Waals surface area contributed by atoms with Crippen LogP contribution in [0.25, 0.3) is 22.4 Å². The maximum absolute atomic E-state index is 13.8. The number of likely N-dealkylation sites (tertiary alicyclic amines) is 1. The van der Waals surface area contributed by atoms with Crippen molar-refractivity contribution in [1.82, 2.24) is 29.0 Å². The van der Waals surface area contributed by atoms with Crippen molar-refractivity contribution < 1.29 is 22.7 Å². The Labute approximate surface area is 277 Å². The highest BCUT2D eigenvalue weighted by Crippen LogP contribution is 2.34. The predicted octanol–water partition coefficient (Wildman–Crippen LogP) is 4.31. The van der Waals surface area contributed by atoms with Crippen LogP contribution in [0.2, 0.25) is 0 Å². The van der Waals surface area contributed by atoms with Gasteiger partial charge in [0.1, 0.15) is 23.7 Å². The first-order valence-corrected chi connectivity index (χ1v) is 17.8. The molecular weight excluding hydrogens is 632 g/mol. The Morgan fingerprint density at radius 1 is 1.07 bits per heavy atom. The number of esters is 1. The van der Waals surface area contributed by atoms with E-state index >= 15 is 0 Å². The van der Waals surface area contributed by atoms with Gasteiger partial charge < -0.3 is 14.5 Å². The number of piperidine rings is 1. The number of nitrogens with zero attached hydrogens (tertiary/aromatic N) is 5. The fraction of sp³-hybridized carbons (Fsp3) is 0.625. The van der Waals surface area contributed by atoms with Crippen molar-refractivity contribution in [2.75, 3.05) is 45.9 Å². The van der Waals surface area contributed by atoms with Gasteiger partial charge in [0, 0.05) is 33.1 Å². The van der Waals surface area contributed by atoms with Crippen LogP contribution in [0.15, 0.2) is 27.9 Å². The number of fused-ring (bicyclic) bond motifs is 1. The number of aromatic amines is 1. The number of halogens is 1. The van der Waals surface area contributed by atoms with Gasteiger partial charge in [-0.2, -0.15) is 9.40 Å². The van der Waals surface area contributed by atoms with Crippen molar-refractivity contribution in [2.24, 2.45) is 13.0 Å². The Balaban J connectivity index is 0.00000480. The van der Waals surface area contributed by atoms with Gasteiger partial charge in [0.2, 0.25) is 10.0 Å². The highest BCUT2D eigenvalue weighted by molar-refractivity contribution is 7.89. The molecule has 1 N–H and O–H groups in total. The van der Waals surface area contributed by atoms with Gasteiger partial charge in [-0.05, 0) is 82.2 Å². The Morgan fingerprint density at radius 3 is 2.50 bits per heavy atom. The van der Waals surface area contributed by atoms with Crippen molar-refractivity contribution in [3.8, 4) is 17.1 Å². The first-order valence-electron chi connectivity index (χ1n) is 16.3. The van der Waals surface area contributed by atoms with Gasteiger partial charge in [-0.3, -0.25) is 19.2 Å². The van der Waals surface area contributed by atoms with Crippen LogP contribution in [-0.2, 0) is 33.0 Å². The van der Waals surface area contributed by atoms with Crippen LogP contribution in [0.4, 0.5) is 0 Å². The molecule has 1 aromatic carbocycles. The Kier molecular flexibility index (Phi) is 12.6. The van der Waals surface area contributed by atoms with E-state index in [9.17, 15) is 18.0 Å². The molecule has 12 nitrogen and oxygen atoms in total. The summed E-state index contributed by atoms with van der Waals surface area (Å²) >= 11 is 0. The Bertz CT molecular complexity index is 1640. The van der Waals surface area contributed by atoms with E-state index in [1.54, 1.807) is 25.2 Å². The van der Waals surface area contributed by atoms with E-state index in [1.165, 1.54) is 21.8 Å². The van der Waals surface area contributed by atoms with Crippen molar-refractivity contribution >= 4 is 39.4 Å². The van der Waals surface area contributed by atoms with E-state index in [0.717, 1.165) is 38.2 Å². The summed E-state index contributed by atoms with van der Waals surface area (Å²) in [6, 6.07) is 4.74. The van der Waals surface area contributed by atoms with Crippen LogP contribution >= 0.6 is 12.4 Å². The van der Waals surface area contributed by atoms with Gasteiger partial charge in [0.25, 0.3) is 5.56 Å². The van der Waals surface area contributed by atoms with E-state index in [1.807, 2.05) is 13.8 Å². The Hall–Kier alpha value is -3.00. The van der Waals surface area contributed by atoms with Crippen molar-refractivity contribution in [1.29, 1.82) is 0 Å². The van der Waals surface area contributed by atoms with E-state index in [4.69, 9.17) is 14.5 Å². The van der Waals surface area contributed by atoms with E-state index in [-0.39, 0.29) is 40.6 Å². The van der Waals surface area contributed by atoms with Crippen molar-refractivity contribution in [3.63, 3.8) is 0 Å². The summed E-state index contributed by atoms with van der Waals surface area (Å²) in [5.74, 6) is 0.776. The molecule has 2 aliphatic rings. The van der Waals surface area contributed by atoms with Crippen LogP contribution in [0.3, 0.4) is 0 Å². The second-order valence-corrected chi connectivity index (χ2v) is 14.0. The summed E-state index contributed by atoms with van der Waals surface area (Å²) in [6.07, 6.45) is 7.09. The van der Waals surface area contributed by atoms with Gasteiger partial charge in [-0.25, -0.2) is 13.4 Å². The van der Waals surface area contributed by atoms with Crippen LogP contribution in [0.5, 0.6) is 5.75 Å². The molecule has 0 amide bonds. The number of hydrogen-bond donors (Lipinski definition) is 1. The Morgan fingerprint density at radius 2 is 1.80 bits per heavy atom. The maximum atomic E-state index is 13.8. The van der Waals surface area contributed by atoms with Gasteiger partial charge in [-0.15, -0.1) is 12.4 Å². The lowest BCUT2D eigenvalue weighted by Gasteiger charge is -2.31. The largest absolute Gasteiger partial charge is 0.493 e. The third-order valence-electron chi connectivity index (χ3n) is 8.75. The topological polar surface area (TPSA) is 140 Å². The summed E-state index contributed by atoms with van der Waals surface area (Å²) in [6.45, 7) is 8.57. The zero-order chi connectivity index (χ0) is 32.0. The minimum Gasteiger partial charge on any atom is -0.493 e. The number of rotatable bonds is 14. The van der Waals surface area contributed by atoms with E-state index < -0.39 is 10.0 Å². The fourth-order valence-corrected chi connectivity index (χ4v) is 7.74. The fourth-order valence-electron chi connectivity index (χ4n) is 6.25. The van der Waals surface area contributed by atoms with Gasteiger partial charge in [0.05, 0.1) is 22.8 Å². The molecule has 0 bridgehead atoms. The molecule has 2 saturated heterocycles. The molecule has 2 fully saturated rings. The summed E-state index contributed by atoms with van der Waals surface area (Å²) in [4.78, 5) is 35.4. The van der Waals surface area contributed by atoms with E-state index in [2.05, 4.69) is 15.0 Å². The third-order valence-corrected chi connectivity index (χ3v) is 10.6. The number of carbonyl (C=O) groups excluding carboxylic acids is 1. The van der Waals surface area contributed by atoms with Gasteiger partial charge in [0.15, 0.2) is 5.52 Å². The highest BCUT2D eigenvalue weighted by Gasteiger charge is 2.31. The normalized spacial score (nSPS) is 16.5. The molecule has 0 aliphatic carbocycles. The molecule has 0 unspecified atom stereocenters. The van der Waals surface area contributed by atoms with Gasteiger partial charge in [-0.1, -0.05) is 20.3 Å². The number of benzene rings is 1. The second kappa shape index (κ2) is 16.2. The standard InChI is InChI=1S/C32H46N6O6S.ClH/c1-4-8-26-29-30(36(3)35-26)32(40)34-31(33-29)25-22-24(10-11-27(25)43-20-5-2)45(41,42)38-17-13-23(14-18-38)9-12-28(39)44-21-19-37-15-6-7-16-37;/h10-11,22-23H,4-9,12-21H2,1-3H3,(H,33,34,40);1H. The lowest BCUT2D eigenvalue weighted by molar-refractivity contribution is -0.144. The molecule has 46 heavy (non-hydrogen) atoms. The van der Waals surface area contributed by atoms with Crippen LogP contribution in [0.1, 0.15) is 70.9 Å². The van der Waals surface area contributed by atoms with Crippen LogP contribution in [-0.4, -0.2) is 89.3 Å². The zero-order valence-corrected chi connectivity index (χ0v) is 28.8. The number of sulfonamides is 1. The summed E-state index contributed by atoms with van der Waals surface area (Å²) in [5.41, 5.74) is 1.67. The number of carbonyl (C=O) groups is 1. The highest BCUT2D eigenvalue weighted by atomic mass is 35.5. The zero-order valence-electron chi connectivity index (χ0n) is 27.1. The molecule has 0 radical (unpaired) electrons. The molecule has 2 aromatic heterocycles. The molecule has 254 valence electrons. The molecule has 0 saturated carbocycles. The molecule has 5 rings (SSSR count). The predicted molar refractivity (Wildman–Crippen MR) is 179 cm³/mol. The quantitative estimate of drug-likeness (QED) is 0.247. The summed E-state index contributed by atoms with van der Waals surface area (Å²) in [7, 11) is -2.11. The van der Waals surface area contributed by atoms with Gasteiger partial charge >= 0.3 is 5.97 Å². The number of nitrogens with one attached hydrogen (secondary N) is 1. The number of aryl methyl sites for hydroxylation is 2. The lowest BCUT2D eigenvalue weighted by Crippen LogP contribution is -2.38. The third kappa shape index (κ3) is 8.28. The average molecular weight is 679 g/mol.